The maximum Gasteiger partial charge on any atom is 0.211 e. The van der Waals surface area contributed by atoms with Crippen LogP contribution in [0.4, 0.5) is 0 Å². The van der Waals surface area contributed by atoms with Crippen LogP contribution < -0.4 is 0 Å². The summed E-state index contributed by atoms with van der Waals surface area (Å²) in [4.78, 5) is 0. The molecular formula is C11H16O3. The van der Waals surface area contributed by atoms with Crippen LogP contribution in [-0.4, -0.2) is 30.2 Å². The first-order valence-electron chi connectivity index (χ1n) is 4.90. The summed E-state index contributed by atoms with van der Waals surface area (Å²) in [7, 11) is 0. The van der Waals surface area contributed by atoms with Crippen LogP contribution >= 0.6 is 0 Å². The summed E-state index contributed by atoms with van der Waals surface area (Å²) in [6.07, 6.45) is 1.40. The maximum atomic E-state index is 9.82. The zero-order chi connectivity index (χ0) is 10.3. The van der Waals surface area contributed by atoms with Crippen molar-refractivity contribution >= 4 is 0 Å². The fourth-order valence-electron chi connectivity index (χ4n) is 2.04. The third kappa shape index (κ3) is 1.24. The van der Waals surface area contributed by atoms with E-state index >= 15 is 0 Å². The average molecular weight is 196 g/mol. The summed E-state index contributed by atoms with van der Waals surface area (Å²) in [5, 5.41) is 9.82. The lowest BCUT2D eigenvalue weighted by molar-refractivity contribution is -0.0887. The summed E-state index contributed by atoms with van der Waals surface area (Å²) >= 11 is 0. The van der Waals surface area contributed by atoms with Crippen molar-refractivity contribution in [2.45, 2.75) is 32.7 Å². The molecule has 1 aliphatic carbocycles. The van der Waals surface area contributed by atoms with Crippen molar-refractivity contribution in [1.29, 1.82) is 0 Å². The van der Waals surface area contributed by atoms with Crippen molar-refractivity contribution in [2.75, 3.05) is 13.2 Å². The van der Waals surface area contributed by atoms with E-state index in [0.29, 0.717) is 13.2 Å². The SMILES string of the molecule is CC1=CC2(OCCO2)C(C)=C(C)C1O. The standard InChI is InChI=1S/C11H16O3/c1-7-6-11(13-4-5-14-11)9(3)8(2)10(7)12/h6,10,12H,4-5H2,1-3H3. The van der Waals surface area contributed by atoms with Gasteiger partial charge in [0.15, 0.2) is 0 Å². The van der Waals surface area contributed by atoms with Crippen molar-refractivity contribution in [3.63, 3.8) is 0 Å². The molecule has 1 fully saturated rings. The molecule has 3 nitrogen and oxygen atoms in total. The number of aliphatic hydroxyl groups is 1. The lowest BCUT2D eigenvalue weighted by atomic mass is 9.87. The molecule has 1 spiro atoms. The van der Waals surface area contributed by atoms with Gasteiger partial charge in [-0.3, -0.25) is 0 Å². The van der Waals surface area contributed by atoms with Gasteiger partial charge in [0.1, 0.15) is 0 Å². The first-order valence-corrected chi connectivity index (χ1v) is 4.90. The van der Waals surface area contributed by atoms with Gasteiger partial charge >= 0.3 is 0 Å². The number of ether oxygens (including phenoxy) is 2. The van der Waals surface area contributed by atoms with E-state index < -0.39 is 11.9 Å². The highest BCUT2D eigenvalue weighted by Gasteiger charge is 2.41. The van der Waals surface area contributed by atoms with Gasteiger partial charge < -0.3 is 14.6 Å². The summed E-state index contributed by atoms with van der Waals surface area (Å²) in [5.41, 5.74) is 2.81. The van der Waals surface area contributed by atoms with Crippen LogP contribution in [0, 0.1) is 0 Å². The molecule has 0 amide bonds. The van der Waals surface area contributed by atoms with Gasteiger partial charge in [0, 0.05) is 0 Å². The first-order chi connectivity index (χ1) is 6.57. The van der Waals surface area contributed by atoms with Crippen LogP contribution in [0.2, 0.25) is 0 Å². The molecule has 1 atom stereocenters. The lowest BCUT2D eigenvalue weighted by Crippen LogP contribution is -2.36. The largest absolute Gasteiger partial charge is 0.384 e. The van der Waals surface area contributed by atoms with Gasteiger partial charge in [-0.15, -0.1) is 0 Å². The van der Waals surface area contributed by atoms with E-state index in [1.807, 2.05) is 26.8 Å². The van der Waals surface area contributed by atoms with Crippen molar-refractivity contribution < 1.29 is 14.6 Å². The molecule has 1 N–H and O–H groups in total. The van der Waals surface area contributed by atoms with Crippen molar-refractivity contribution in [2.24, 2.45) is 0 Å². The van der Waals surface area contributed by atoms with Gasteiger partial charge in [0.2, 0.25) is 5.79 Å². The molecule has 0 radical (unpaired) electrons. The van der Waals surface area contributed by atoms with Gasteiger partial charge in [0.25, 0.3) is 0 Å². The van der Waals surface area contributed by atoms with E-state index in [0.717, 1.165) is 16.7 Å². The zero-order valence-electron chi connectivity index (χ0n) is 8.83. The lowest BCUT2D eigenvalue weighted by Gasteiger charge is -2.33. The van der Waals surface area contributed by atoms with Crippen LogP contribution in [0.15, 0.2) is 22.8 Å². The second kappa shape index (κ2) is 3.19. The molecule has 1 saturated heterocycles. The van der Waals surface area contributed by atoms with E-state index in [-0.39, 0.29) is 0 Å². The number of rotatable bonds is 0. The van der Waals surface area contributed by atoms with Crippen molar-refractivity contribution in [3.05, 3.63) is 22.8 Å². The molecule has 0 aromatic rings. The normalized spacial score (nSPS) is 31.1. The topological polar surface area (TPSA) is 38.7 Å². The summed E-state index contributed by atoms with van der Waals surface area (Å²) in [5.74, 6) is -0.687. The number of hydrogen-bond acceptors (Lipinski definition) is 3. The number of aliphatic hydroxyl groups excluding tert-OH is 1. The minimum absolute atomic E-state index is 0.478. The molecular weight excluding hydrogens is 180 g/mol. The van der Waals surface area contributed by atoms with Gasteiger partial charge in [-0.25, -0.2) is 0 Å². The predicted molar refractivity (Wildman–Crippen MR) is 52.8 cm³/mol. The summed E-state index contributed by atoms with van der Waals surface area (Å²) in [6.45, 7) is 7.00. The fraction of sp³-hybridized carbons (Fsp3) is 0.636. The summed E-state index contributed by atoms with van der Waals surface area (Å²) in [6, 6.07) is 0. The molecule has 0 aromatic carbocycles. The maximum absolute atomic E-state index is 9.82. The molecule has 1 aliphatic heterocycles. The van der Waals surface area contributed by atoms with E-state index in [1.54, 1.807) is 0 Å². The van der Waals surface area contributed by atoms with E-state index in [9.17, 15) is 5.11 Å². The second-order valence-corrected chi connectivity index (χ2v) is 3.96. The molecule has 1 heterocycles. The highest BCUT2D eigenvalue weighted by molar-refractivity contribution is 5.39. The highest BCUT2D eigenvalue weighted by atomic mass is 16.7. The quantitative estimate of drug-likeness (QED) is 0.595. The van der Waals surface area contributed by atoms with Crippen LogP contribution in [0.25, 0.3) is 0 Å². The third-order valence-corrected chi connectivity index (χ3v) is 3.09. The van der Waals surface area contributed by atoms with Gasteiger partial charge in [-0.05, 0) is 43.6 Å². The molecule has 0 aromatic heterocycles. The van der Waals surface area contributed by atoms with E-state index in [2.05, 4.69) is 0 Å². The molecule has 3 heteroatoms. The van der Waals surface area contributed by atoms with Crippen LogP contribution in [0.1, 0.15) is 20.8 Å². The third-order valence-electron chi connectivity index (χ3n) is 3.09. The van der Waals surface area contributed by atoms with Crippen LogP contribution in [0.5, 0.6) is 0 Å². The summed E-state index contributed by atoms with van der Waals surface area (Å²) < 4.78 is 11.2. The second-order valence-electron chi connectivity index (χ2n) is 3.96. The Bertz CT molecular complexity index is 308. The monoisotopic (exact) mass is 196 g/mol. The van der Waals surface area contributed by atoms with Crippen molar-refractivity contribution in [3.8, 4) is 0 Å². The Morgan fingerprint density at radius 3 is 2.43 bits per heavy atom. The van der Waals surface area contributed by atoms with E-state index in [4.69, 9.17) is 9.47 Å². The smallest absolute Gasteiger partial charge is 0.211 e. The van der Waals surface area contributed by atoms with Gasteiger partial charge in [-0.1, -0.05) is 0 Å². The van der Waals surface area contributed by atoms with Gasteiger partial charge in [0.05, 0.1) is 19.3 Å². The highest BCUT2D eigenvalue weighted by Crippen LogP contribution is 2.38. The Morgan fingerprint density at radius 1 is 1.29 bits per heavy atom. The van der Waals surface area contributed by atoms with E-state index in [1.165, 1.54) is 0 Å². The molecule has 0 saturated carbocycles. The first kappa shape index (κ1) is 9.90. The molecule has 14 heavy (non-hydrogen) atoms. The van der Waals surface area contributed by atoms with Gasteiger partial charge in [-0.2, -0.15) is 0 Å². The van der Waals surface area contributed by atoms with Crippen molar-refractivity contribution in [1.82, 2.24) is 0 Å². The molecule has 1 unspecified atom stereocenters. The predicted octanol–water partition coefficient (Wildman–Crippen LogP) is 1.39. The molecule has 78 valence electrons. The Balaban J connectivity index is 2.43. The molecule has 2 rings (SSSR count). The number of hydrogen-bond donors (Lipinski definition) is 1. The molecule has 0 bridgehead atoms. The van der Waals surface area contributed by atoms with Crippen LogP contribution in [-0.2, 0) is 9.47 Å². The minimum atomic E-state index is -0.687. The molecule has 2 aliphatic rings. The fourth-order valence-corrected chi connectivity index (χ4v) is 2.04. The Labute approximate surface area is 84.0 Å². The Kier molecular flexibility index (Phi) is 2.26. The average Bonchev–Trinajstić information content (AvgIpc) is 2.62. The Hall–Kier alpha value is -0.640. The Morgan fingerprint density at radius 2 is 1.86 bits per heavy atom. The minimum Gasteiger partial charge on any atom is -0.384 e. The van der Waals surface area contributed by atoms with Crippen LogP contribution in [0.3, 0.4) is 0 Å². The zero-order valence-corrected chi connectivity index (χ0v) is 8.83.